The first-order valence-electron chi connectivity index (χ1n) is 6.94. The Kier molecular flexibility index (Phi) is 5.92. The molecule has 114 valence electrons. The summed E-state index contributed by atoms with van der Waals surface area (Å²) in [5, 5.41) is 3.66. The second-order valence-corrected chi connectivity index (χ2v) is 9.38. The zero-order chi connectivity index (χ0) is 14.6. The predicted molar refractivity (Wildman–Crippen MR) is 87.1 cm³/mol. The Balaban J connectivity index is 2.02. The molecule has 1 aromatic rings. The van der Waals surface area contributed by atoms with Crippen LogP contribution < -0.4 is 10.0 Å². The average Bonchev–Trinajstić information content (AvgIpc) is 3.03. The lowest BCUT2D eigenvalue weighted by atomic mass is 10.2. The summed E-state index contributed by atoms with van der Waals surface area (Å²) in [6, 6.07) is 1.80. The fourth-order valence-electron chi connectivity index (χ4n) is 2.21. The Morgan fingerprint density at radius 2 is 2.25 bits per heavy atom. The second kappa shape index (κ2) is 7.26. The van der Waals surface area contributed by atoms with E-state index in [1.807, 2.05) is 25.6 Å². The zero-order valence-corrected chi connectivity index (χ0v) is 14.4. The third-order valence-corrected chi connectivity index (χ3v) is 7.41. The minimum Gasteiger partial charge on any atom is -0.312 e. The van der Waals surface area contributed by atoms with Crippen molar-refractivity contribution in [3.63, 3.8) is 0 Å². The van der Waals surface area contributed by atoms with Crippen molar-refractivity contribution in [2.45, 2.75) is 43.4 Å². The molecule has 1 atom stereocenters. The molecule has 0 aromatic carbocycles. The molecule has 1 fully saturated rings. The van der Waals surface area contributed by atoms with Crippen LogP contribution in [0.5, 0.6) is 0 Å². The summed E-state index contributed by atoms with van der Waals surface area (Å²) < 4.78 is 27.5. The highest BCUT2D eigenvalue weighted by molar-refractivity contribution is 8.00. The minimum atomic E-state index is -3.36. The van der Waals surface area contributed by atoms with E-state index in [1.54, 1.807) is 17.4 Å². The van der Waals surface area contributed by atoms with Crippen LogP contribution in [0.15, 0.2) is 11.0 Å². The summed E-state index contributed by atoms with van der Waals surface area (Å²) in [7, 11) is -3.36. The Morgan fingerprint density at radius 3 is 2.90 bits per heavy atom. The number of hydrogen-bond donors (Lipinski definition) is 2. The molecule has 0 saturated carbocycles. The minimum absolute atomic E-state index is 0.435. The molecule has 0 aliphatic carbocycles. The molecular weight excluding hydrogens is 312 g/mol. The summed E-state index contributed by atoms with van der Waals surface area (Å²) in [5.74, 6) is 1.15. The molecule has 1 aliphatic rings. The molecule has 7 heteroatoms. The average molecular weight is 335 g/mol. The van der Waals surface area contributed by atoms with Gasteiger partial charge in [-0.25, -0.2) is 13.1 Å². The highest BCUT2D eigenvalue weighted by Crippen LogP contribution is 2.28. The van der Waals surface area contributed by atoms with E-state index in [1.165, 1.54) is 6.42 Å². The Labute approximate surface area is 129 Å². The molecule has 0 bridgehead atoms. The normalized spacial score (nSPS) is 19.6. The highest BCUT2D eigenvalue weighted by atomic mass is 32.2. The van der Waals surface area contributed by atoms with Gasteiger partial charge in [0.25, 0.3) is 0 Å². The van der Waals surface area contributed by atoms with Crippen LogP contribution >= 0.6 is 23.1 Å². The van der Waals surface area contributed by atoms with E-state index in [9.17, 15) is 8.42 Å². The van der Waals surface area contributed by atoms with Gasteiger partial charge in [0.1, 0.15) is 0 Å². The molecule has 1 saturated heterocycles. The quantitative estimate of drug-likeness (QED) is 0.803. The summed E-state index contributed by atoms with van der Waals surface area (Å²) in [5.41, 5.74) is 0. The molecular formula is C13H22N2O2S3. The van der Waals surface area contributed by atoms with Crippen LogP contribution in [0.25, 0.3) is 0 Å². The summed E-state index contributed by atoms with van der Waals surface area (Å²) >= 11 is 3.42. The number of nitrogens with one attached hydrogen (secondary N) is 2. The summed E-state index contributed by atoms with van der Waals surface area (Å²) in [4.78, 5) is 2.38. The third-order valence-electron chi connectivity index (χ3n) is 3.29. The topological polar surface area (TPSA) is 58.2 Å². The first-order valence-corrected chi connectivity index (χ1v) is 10.3. The van der Waals surface area contributed by atoms with Crippen LogP contribution in [-0.2, 0) is 16.6 Å². The maximum absolute atomic E-state index is 12.4. The van der Waals surface area contributed by atoms with Crippen LogP contribution in [-0.4, -0.2) is 32.5 Å². The first-order chi connectivity index (χ1) is 9.53. The lowest BCUT2D eigenvalue weighted by Gasteiger charge is -2.10. The van der Waals surface area contributed by atoms with E-state index in [0.717, 1.165) is 35.0 Å². The number of hydrogen-bond acceptors (Lipinski definition) is 5. The molecule has 0 amide bonds. The largest absolute Gasteiger partial charge is 0.312 e. The van der Waals surface area contributed by atoms with Crippen molar-refractivity contribution in [1.29, 1.82) is 0 Å². The second-order valence-electron chi connectivity index (χ2n) is 4.90. The highest BCUT2D eigenvalue weighted by Gasteiger charge is 2.23. The van der Waals surface area contributed by atoms with E-state index < -0.39 is 10.0 Å². The van der Waals surface area contributed by atoms with Crippen molar-refractivity contribution in [2.24, 2.45) is 0 Å². The van der Waals surface area contributed by atoms with E-state index in [4.69, 9.17) is 0 Å². The van der Waals surface area contributed by atoms with Gasteiger partial charge in [0.05, 0.1) is 4.90 Å². The summed E-state index contributed by atoms with van der Waals surface area (Å²) in [6.07, 6.45) is 2.31. The van der Waals surface area contributed by atoms with E-state index in [2.05, 4.69) is 10.0 Å². The van der Waals surface area contributed by atoms with Crippen molar-refractivity contribution in [3.8, 4) is 0 Å². The molecule has 2 rings (SSSR count). The zero-order valence-electron chi connectivity index (χ0n) is 11.9. The van der Waals surface area contributed by atoms with Crippen molar-refractivity contribution >= 4 is 33.1 Å². The van der Waals surface area contributed by atoms with E-state index >= 15 is 0 Å². The van der Waals surface area contributed by atoms with E-state index in [-0.39, 0.29) is 0 Å². The third kappa shape index (κ3) is 4.21. The molecule has 20 heavy (non-hydrogen) atoms. The van der Waals surface area contributed by atoms with Crippen LogP contribution in [0, 0.1) is 6.92 Å². The number of aryl methyl sites for hydroxylation is 1. The molecule has 0 spiro atoms. The van der Waals surface area contributed by atoms with Gasteiger partial charge in [-0.2, -0.15) is 11.8 Å². The van der Waals surface area contributed by atoms with Gasteiger partial charge < -0.3 is 5.32 Å². The van der Waals surface area contributed by atoms with Gasteiger partial charge in [0, 0.05) is 28.1 Å². The van der Waals surface area contributed by atoms with Gasteiger partial charge in [0.15, 0.2) is 0 Å². The fraction of sp³-hybridized carbons (Fsp3) is 0.692. The van der Waals surface area contributed by atoms with Gasteiger partial charge >= 0.3 is 0 Å². The monoisotopic (exact) mass is 334 g/mol. The van der Waals surface area contributed by atoms with Gasteiger partial charge in [0.2, 0.25) is 10.0 Å². The molecule has 2 N–H and O–H groups in total. The van der Waals surface area contributed by atoms with E-state index in [0.29, 0.717) is 16.7 Å². The molecule has 1 aromatic heterocycles. The van der Waals surface area contributed by atoms with Crippen molar-refractivity contribution < 1.29 is 8.42 Å². The molecule has 0 radical (unpaired) electrons. The smallest absolute Gasteiger partial charge is 0.241 e. The van der Waals surface area contributed by atoms with Gasteiger partial charge in [-0.1, -0.05) is 6.92 Å². The maximum atomic E-state index is 12.4. The number of sulfonamides is 1. The van der Waals surface area contributed by atoms with Crippen molar-refractivity contribution in [2.75, 3.05) is 18.8 Å². The summed E-state index contributed by atoms with van der Waals surface area (Å²) in [6.45, 7) is 6.08. The van der Waals surface area contributed by atoms with Crippen molar-refractivity contribution in [3.05, 3.63) is 15.8 Å². The Hall–Kier alpha value is -0.0800. The molecule has 2 heterocycles. The molecule has 4 nitrogen and oxygen atoms in total. The molecule has 1 aliphatic heterocycles. The Morgan fingerprint density at radius 1 is 1.45 bits per heavy atom. The van der Waals surface area contributed by atoms with Crippen LogP contribution in [0.4, 0.5) is 0 Å². The van der Waals surface area contributed by atoms with Crippen LogP contribution in [0.1, 0.15) is 29.5 Å². The predicted octanol–water partition coefficient (Wildman–Crippen LogP) is 2.34. The molecule has 1 unspecified atom stereocenters. The first kappa shape index (κ1) is 16.3. The number of thioether (sulfide) groups is 1. The number of thiophene rings is 1. The standard InChI is InChI=1S/C13H22N2O2S3/c1-3-14-8-12-7-13(10(2)19-12)20(16,17)15-9-11-5-4-6-18-11/h7,11,14-15H,3-6,8-9H2,1-2H3. The maximum Gasteiger partial charge on any atom is 0.241 e. The SMILES string of the molecule is CCNCc1cc(S(=O)(=O)NCC2CCCS2)c(C)s1. The van der Waals surface area contributed by atoms with Crippen LogP contribution in [0.2, 0.25) is 0 Å². The lowest BCUT2D eigenvalue weighted by molar-refractivity contribution is 0.579. The fourth-order valence-corrected chi connectivity index (χ4v) is 6.20. The van der Waals surface area contributed by atoms with Gasteiger partial charge in [-0.3, -0.25) is 0 Å². The van der Waals surface area contributed by atoms with Crippen molar-refractivity contribution in [1.82, 2.24) is 10.0 Å². The van der Waals surface area contributed by atoms with Crippen LogP contribution in [0.3, 0.4) is 0 Å². The Bertz CT molecular complexity index is 534. The van der Waals surface area contributed by atoms with Gasteiger partial charge in [-0.05, 0) is 38.1 Å². The number of rotatable bonds is 7. The van der Waals surface area contributed by atoms with Gasteiger partial charge in [-0.15, -0.1) is 11.3 Å². The lowest BCUT2D eigenvalue weighted by Crippen LogP contribution is -2.30.